The van der Waals surface area contributed by atoms with Crippen LogP contribution in [0, 0.1) is 6.92 Å². The average molecular weight is 357 g/mol. The first kappa shape index (κ1) is 18.1. The zero-order valence-electron chi connectivity index (χ0n) is 15.0. The second-order valence-electron chi connectivity index (χ2n) is 6.29. The summed E-state index contributed by atoms with van der Waals surface area (Å²) >= 11 is 0. The summed E-state index contributed by atoms with van der Waals surface area (Å²) in [5, 5.41) is 13.0. The van der Waals surface area contributed by atoms with Crippen LogP contribution in [-0.2, 0) is 9.59 Å². The van der Waals surface area contributed by atoms with Gasteiger partial charge >= 0.3 is 11.8 Å². The lowest BCUT2D eigenvalue weighted by atomic mass is 10.2. The molecule has 2 N–H and O–H groups in total. The Morgan fingerprint density at radius 2 is 2.00 bits per heavy atom. The third kappa shape index (κ3) is 4.26. The van der Waals surface area contributed by atoms with Crippen molar-refractivity contribution in [2.75, 3.05) is 25.0 Å². The van der Waals surface area contributed by atoms with E-state index in [0.717, 1.165) is 31.5 Å². The number of rotatable bonds is 5. The van der Waals surface area contributed by atoms with E-state index < -0.39 is 11.8 Å². The monoisotopic (exact) mass is 357 g/mol. The molecule has 0 spiro atoms. The molecule has 1 aromatic heterocycles. The van der Waals surface area contributed by atoms with Crippen LogP contribution in [0.1, 0.15) is 25.7 Å². The second kappa shape index (κ2) is 8.09. The number of anilines is 1. The van der Waals surface area contributed by atoms with Crippen molar-refractivity contribution in [3.8, 4) is 11.5 Å². The molecule has 0 unspecified atom stereocenters. The number of carbonyl (C=O) groups excluding carboxylic acids is 2. The Bertz CT molecular complexity index is 771. The van der Waals surface area contributed by atoms with Crippen LogP contribution in [0.2, 0.25) is 0 Å². The van der Waals surface area contributed by atoms with Crippen molar-refractivity contribution in [3.63, 3.8) is 0 Å². The molecule has 2 amide bonds. The van der Waals surface area contributed by atoms with Crippen molar-refractivity contribution < 1.29 is 14.0 Å². The van der Waals surface area contributed by atoms with Gasteiger partial charge in [0, 0.05) is 30.8 Å². The molecule has 1 aliphatic rings. The molecule has 1 atom stereocenters. The van der Waals surface area contributed by atoms with Crippen LogP contribution in [0.25, 0.3) is 11.5 Å². The fraction of sp³-hybridized carbons (Fsp3) is 0.444. The van der Waals surface area contributed by atoms with Crippen molar-refractivity contribution in [3.05, 3.63) is 30.2 Å². The highest BCUT2D eigenvalue weighted by atomic mass is 16.4. The molecular formula is C18H23N5O3. The predicted octanol–water partition coefficient (Wildman–Crippen LogP) is 1.58. The van der Waals surface area contributed by atoms with Gasteiger partial charge in [0.15, 0.2) is 0 Å². The summed E-state index contributed by atoms with van der Waals surface area (Å²) in [6, 6.07) is 7.19. The topological polar surface area (TPSA) is 100 Å². The molecule has 1 fully saturated rings. The van der Waals surface area contributed by atoms with Gasteiger partial charge in [0.2, 0.25) is 11.8 Å². The summed E-state index contributed by atoms with van der Waals surface area (Å²) in [6.07, 6.45) is 2.18. The minimum atomic E-state index is -0.674. The molecule has 138 valence electrons. The Morgan fingerprint density at radius 1 is 1.23 bits per heavy atom. The number of carbonyl (C=O) groups is 2. The first-order chi connectivity index (χ1) is 12.6. The molecule has 1 aromatic carbocycles. The van der Waals surface area contributed by atoms with Crippen molar-refractivity contribution in [1.82, 2.24) is 20.4 Å². The molecule has 2 heterocycles. The summed E-state index contributed by atoms with van der Waals surface area (Å²) in [5.74, 6) is -0.398. The van der Waals surface area contributed by atoms with Crippen molar-refractivity contribution in [1.29, 1.82) is 0 Å². The van der Waals surface area contributed by atoms with E-state index >= 15 is 0 Å². The highest BCUT2D eigenvalue weighted by molar-refractivity contribution is 6.39. The number of aromatic nitrogens is 2. The number of hydrogen-bond acceptors (Lipinski definition) is 6. The fourth-order valence-electron chi connectivity index (χ4n) is 3.13. The molecule has 1 aliphatic heterocycles. The zero-order chi connectivity index (χ0) is 18.5. The normalized spacial score (nSPS) is 17.2. The molecule has 1 saturated heterocycles. The molecule has 8 heteroatoms. The van der Waals surface area contributed by atoms with Gasteiger partial charge in [0.05, 0.1) is 0 Å². The van der Waals surface area contributed by atoms with E-state index in [1.807, 2.05) is 0 Å². The van der Waals surface area contributed by atoms with E-state index in [-0.39, 0.29) is 0 Å². The summed E-state index contributed by atoms with van der Waals surface area (Å²) in [7, 11) is 0. The number of nitrogens with one attached hydrogen (secondary N) is 2. The summed E-state index contributed by atoms with van der Waals surface area (Å²) < 4.78 is 5.35. The lowest BCUT2D eigenvalue weighted by molar-refractivity contribution is -0.136. The van der Waals surface area contributed by atoms with Crippen LogP contribution in [0.5, 0.6) is 0 Å². The van der Waals surface area contributed by atoms with Crippen LogP contribution >= 0.6 is 0 Å². The van der Waals surface area contributed by atoms with E-state index in [4.69, 9.17) is 4.42 Å². The lowest BCUT2D eigenvalue weighted by Crippen LogP contribution is -2.43. The first-order valence-electron chi connectivity index (χ1n) is 8.80. The maximum atomic E-state index is 12.0. The van der Waals surface area contributed by atoms with Crippen LogP contribution in [0.15, 0.2) is 28.7 Å². The molecule has 0 saturated carbocycles. The molecular weight excluding hydrogens is 334 g/mol. The minimum absolute atomic E-state index is 0.314. The third-order valence-corrected chi connectivity index (χ3v) is 4.53. The average Bonchev–Trinajstić information content (AvgIpc) is 3.28. The quantitative estimate of drug-likeness (QED) is 0.788. The number of nitrogens with zero attached hydrogens (tertiary/aromatic N) is 3. The minimum Gasteiger partial charge on any atom is -0.421 e. The SMILES string of the molecule is CCN1CCC[C@@H]1CNC(=O)C(=O)Nc1ccc(-c2nnc(C)o2)cc1. The predicted molar refractivity (Wildman–Crippen MR) is 96.4 cm³/mol. The smallest absolute Gasteiger partial charge is 0.313 e. The Balaban J connectivity index is 1.51. The van der Waals surface area contributed by atoms with Crippen LogP contribution in [-0.4, -0.2) is 52.6 Å². The number of benzene rings is 1. The summed E-state index contributed by atoms with van der Waals surface area (Å²) in [4.78, 5) is 26.4. The van der Waals surface area contributed by atoms with Crippen molar-refractivity contribution in [2.24, 2.45) is 0 Å². The largest absolute Gasteiger partial charge is 0.421 e. The van der Waals surface area contributed by atoms with Gasteiger partial charge in [-0.15, -0.1) is 10.2 Å². The van der Waals surface area contributed by atoms with Gasteiger partial charge < -0.3 is 15.1 Å². The third-order valence-electron chi connectivity index (χ3n) is 4.53. The Morgan fingerprint density at radius 3 is 2.65 bits per heavy atom. The Labute approximate surface area is 152 Å². The zero-order valence-corrected chi connectivity index (χ0v) is 15.0. The van der Waals surface area contributed by atoms with E-state index in [2.05, 4.69) is 32.7 Å². The number of amides is 2. The van der Waals surface area contributed by atoms with Crippen molar-refractivity contribution in [2.45, 2.75) is 32.7 Å². The summed E-state index contributed by atoms with van der Waals surface area (Å²) in [5.41, 5.74) is 1.27. The van der Waals surface area contributed by atoms with Crippen LogP contribution in [0.3, 0.4) is 0 Å². The first-order valence-corrected chi connectivity index (χ1v) is 8.80. The van der Waals surface area contributed by atoms with E-state index in [9.17, 15) is 9.59 Å². The maximum Gasteiger partial charge on any atom is 0.313 e. The molecule has 0 bridgehead atoms. The van der Waals surface area contributed by atoms with Crippen LogP contribution < -0.4 is 10.6 Å². The second-order valence-corrected chi connectivity index (χ2v) is 6.29. The number of likely N-dealkylation sites (tertiary alicyclic amines) is 1. The molecule has 3 rings (SSSR count). The molecule has 0 radical (unpaired) electrons. The van der Waals surface area contributed by atoms with Crippen LogP contribution in [0.4, 0.5) is 5.69 Å². The van der Waals surface area contributed by atoms with E-state index in [1.54, 1.807) is 31.2 Å². The Hall–Kier alpha value is -2.74. The highest BCUT2D eigenvalue weighted by Crippen LogP contribution is 2.20. The standard InChI is InChI=1S/C18H23N5O3/c1-3-23-10-4-5-15(23)11-19-16(24)17(25)20-14-8-6-13(7-9-14)18-22-21-12(2)26-18/h6-9,15H,3-5,10-11H2,1-2H3,(H,19,24)(H,20,25)/t15-/m1/s1. The molecule has 8 nitrogen and oxygen atoms in total. The maximum absolute atomic E-state index is 12.0. The van der Waals surface area contributed by atoms with E-state index in [1.165, 1.54) is 0 Å². The number of aryl methyl sites for hydroxylation is 1. The molecule has 26 heavy (non-hydrogen) atoms. The van der Waals surface area contributed by atoms with Gasteiger partial charge in [-0.25, -0.2) is 0 Å². The van der Waals surface area contributed by atoms with Gasteiger partial charge in [0.25, 0.3) is 0 Å². The van der Waals surface area contributed by atoms with Gasteiger partial charge in [-0.1, -0.05) is 6.92 Å². The van der Waals surface area contributed by atoms with E-state index in [0.29, 0.717) is 30.1 Å². The molecule has 2 aromatic rings. The number of likely N-dealkylation sites (N-methyl/N-ethyl adjacent to an activating group) is 1. The van der Waals surface area contributed by atoms with Gasteiger partial charge in [0.1, 0.15) is 0 Å². The van der Waals surface area contributed by atoms with Gasteiger partial charge in [-0.2, -0.15) is 0 Å². The summed E-state index contributed by atoms with van der Waals surface area (Å²) in [6.45, 7) is 6.32. The molecule has 0 aliphatic carbocycles. The van der Waals surface area contributed by atoms with Gasteiger partial charge in [-0.05, 0) is 50.2 Å². The fourth-order valence-corrected chi connectivity index (χ4v) is 3.13. The lowest BCUT2D eigenvalue weighted by Gasteiger charge is -2.22. The van der Waals surface area contributed by atoms with Crippen molar-refractivity contribution >= 4 is 17.5 Å². The number of hydrogen-bond donors (Lipinski definition) is 2. The Kier molecular flexibility index (Phi) is 5.62. The highest BCUT2D eigenvalue weighted by Gasteiger charge is 2.24. The van der Waals surface area contributed by atoms with Gasteiger partial charge in [-0.3, -0.25) is 14.5 Å².